The number of aromatic nitrogens is 1. The first kappa shape index (κ1) is 18.4. The average Bonchev–Trinajstić information content (AvgIpc) is 2.63. The highest BCUT2D eigenvalue weighted by Crippen LogP contribution is 2.35. The minimum absolute atomic E-state index is 0.349. The van der Waals surface area contributed by atoms with Crippen molar-refractivity contribution in [1.29, 1.82) is 0 Å². The molecule has 0 N–H and O–H groups in total. The van der Waals surface area contributed by atoms with Crippen molar-refractivity contribution in [3.63, 3.8) is 0 Å². The lowest BCUT2D eigenvalue weighted by Crippen LogP contribution is -2.36. The lowest BCUT2D eigenvalue weighted by atomic mass is 10.1. The molecule has 0 saturated carbocycles. The second-order valence-corrected chi connectivity index (χ2v) is 6.65. The van der Waals surface area contributed by atoms with Crippen LogP contribution < -0.4 is 4.74 Å². The molecule has 1 aromatic carbocycles. The number of benzene rings is 1. The molecule has 2 heterocycles. The normalized spacial score (nSPS) is 15.1. The summed E-state index contributed by atoms with van der Waals surface area (Å²) in [7, 11) is 1.37. The van der Waals surface area contributed by atoms with Gasteiger partial charge in [0.25, 0.3) is 0 Å². The molecule has 0 bridgehead atoms. The summed E-state index contributed by atoms with van der Waals surface area (Å²) in [5.41, 5.74) is 4.27. The molecule has 0 spiro atoms. The Morgan fingerprint density at radius 3 is 2.65 bits per heavy atom. The lowest BCUT2D eigenvalue weighted by molar-refractivity contribution is -0.181. The van der Waals surface area contributed by atoms with Crippen LogP contribution in [0.25, 0.3) is 0 Å². The number of methoxy groups -OCH3 is 1. The smallest absolute Gasteiger partial charge is 0.337 e. The fourth-order valence-corrected chi connectivity index (χ4v) is 2.75. The Labute approximate surface area is 153 Å². The van der Waals surface area contributed by atoms with E-state index >= 15 is 0 Å². The Hall–Kier alpha value is -2.44. The van der Waals surface area contributed by atoms with E-state index < -0.39 is 5.79 Å². The highest BCUT2D eigenvalue weighted by atomic mass is 16.7. The van der Waals surface area contributed by atoms with Crippen LogP contribution in [-0.4, -0.2) is 23.9 Å². The zero-order chi connectivity index (χ0) is 18.7. The summed E-state index contributed by atoms with van der Waals surface area (Å²) in [4.78, 5) is 15.9. The standard InChI is InChI=1S/C20H23NO5/c1-13-18-17(12-25-20(2,3)26-18)16(9-21-13)11-24-10-14-5-7-15(8-6-14)19(22)23-4/h5-9H,10-12H2,1-4H3. The fraction of sp³-hybridized carbons (Fsp3) is 0.400. The zero-order valence-corrected chi connectivity index (χ0v) is 15.5. The summed E-state index contributed by atoms with van der Waals surface area (Å²) in [6, 6.07) is 7.15. The Morgan fingerprint density at radius 2 is 1.96 bits per heavy atom. The first-order chi connectivity index (χ1) is 12.4. The molecule has 3 rings (SSSR count). The molecular formula is C20H23NO5. The largest absolute Gasteiger partial charge is 0.465 e. The van der Waals surface area contributed by atoms with Crippen molar-refractivity contribution in [2.75, 3.05) is 7.11 Å². The maximum absolute atomic E-state index is 11.4. The van der Waals surface area contributed by atoms with Gasteiger partial charge in [-0.25, -0.2) is 4.79 Å². The summed E-state index contributed by atoms with van der Waals surface area (Å²) in [6.45, 7) is 7.00. The van der Waals surface area contributed by atoms with Gasteiger partial charge < -0.3 is 18.9 Å². The monoisotopic (exact) mass is 357 g/mol. The Kier molecular flexibility index (Phi) is 5.25. The maximum atomic E-state index is 11.4. The lowest BCUT2D eigenvalue weighted by Gasteiger charge is -2.34. The highest BCUT2D eigenvalue weighted by Gasteiger charge is 2.30. The number of hydrogen-bond donors (Lipinski definition) is 0. The summed E-state index contributed by atoms with van der Waals surface area (Å²) in [5.74, 6) is -0.220. The van der Waals surface area contributed by atoms with Crippen molar-refractivity contribution in [3.8, 4) is 5.75 Å². The molecule has 0 amide bonds. The van der Waals surface area contributed by atoms with E-state index in [9.17, 15) is 4.79 Å². The third-order valence-corrected chi connectivity index (χ3v) is 4.22. The SMILES string of the molecule is COC(=O)c1ccc(COCc2cnc(C)c3c2COC(C)(C)O3)cc1. The van der Waals surface area contributed by atoms with E-state index in [1.165, 1.54) is 7.11 Å². The van der Waals surface area contributed by atoms with Crippen LogP contribution in [-0.2, 0) is 34.0 Å². The summed E-state index contributed by atoms with van der Waals surface area (Å²) < 4.78 is 22.2. The van der Waals surface area contributed by atoms with Crippen LogP contribution >= 0.6 is 0 Å². The number of aryl methyl sites for hydroxylation is 1. The number of nitrogens with zero attached hydrogens (tertiary/aromatic N) is 1. The van der Waals surface area contributed by atoms with Gasteiger partial charge in [0.15, 0.2) is 0 Å². The Balaban J connectivity index is 1.65. The highest BCUT2D eigenvalue weighted by molar-refractivity contribution is 5.89. The number of carbonyl (C=O) groups excluding carboxylic acids is 1. The molecule has 1 aliphatic rings. The molecule has 1 aromatic heterocycles. The first-order valence-corrected chi connectivity index (χ1v) is 8.45. The van der Waals surface area contributed by atoms with E-state index in [2.05, 4.69) is 4.98 Å². The molecule has 2 aromatic rings. The van der Waals surface area contributed by atoms with Crippen molar-refractivity contribution in [2.45, 2.75) is 46.4 Å². The quantitative estimate of drug-likeness (QED) is 0.763. The van der Waals surface area contributed by atoms with Crippen molar-refractivity contribution in [3.05, 3.63) is 58.4 Å². The Bertz CT molecular complexity index is 799. The molecule has 138 valence electrons. The van der Waals surface area contributed by atoms with Crippen LogP contribution in [0.1, 0.15) is 46.6 Å². The molecule has 0 radical (unpaired) electrons. The van der Waals surface area contributed by atoms with Crippen molar-refractivity contribution in [2.24, 2.45) is 0 Å². The van der Waals surface area contributed by atoms with Crippen LogP contribution in [0, 0.1) is 6.92 Å². The summed E-state index contributed by atoms with van der Waals surface area (Å²) in [5, 5.41) is 0. The number of esters is 1. The third-order valence-electron chi connectivity index (χ3n) is 4.22. The number of fused-ring (bicyclic) bond motifs is 1. The van der Waals surface area contributed by atoms with Crippen LogP contribution in [0.3, 0.4) is 0 Å². The third kappa shape index (κ3) is 4.03. The number of pyridine rings is 1. The van der Waals surface area contributed by atoms with Crippen molar-refractivity contribution in [1.82, 2.24) is 4.98 Å². The van der Waals surface area contributed by atoms with Gasteiger partial charge in [0.1, 0.15) is 5.75 Å². The van der Waals surface area contributed by atoms with E-state index in [1.807, 2.05) is 32.9 Å². The number of carbonyl (C=O) groups is 1. The fourth-order valence-electron chi connectivity index (χ4n) is 2.75. The van der Waals surface area contributed by atoms with Gasteiger partial charge in [0.05, 0.1) is 38.2 Å². The molecule has 0 atom stereocenters. The van der Waals surface area contributed by atoms with Gasteiger partial charge in [0, 0.05) is 31.2 Å². The van der Waals surface area contributed by atoms with Gasteiger partial charge in [0.2, 0.25) is 5.79 Å². The molecule has 26 heavy (non-hydrogen) atoms. The summed E-state index contributed by atoms with van der Waals surface area (Å²) >= 11 is 0. The molecule has 0 fully saturated rings. The predicted molar refractivity (Wildman–Crippen MR) is 94.7 cm³/mol. The zero-order valence-electron chi connectivity index (χ0n) is 15.5. The van der Waals surface area contributed by atoms with Crippen molar-refractivity contribution < 1.29 is 23.7 Å². The molecular weight excluding hydrogens is 334 g/mol. The van der Waals surface area contributed by atoms with Gasteiger partial charge in [-0.05, 0) is 24.6 Å². The minimum Gasteiger partial charge on any atom is -0.465 e. The molecule has 0 saturated heterocycles. The predicted octanol–water partition coefficient (Wildman–Crippen LogP) is 3.54. The second-order valence-electron chi connectivity index (χ2n) is 6.65. The van der Waals surface area contributed by atoms with Crippen LogP contribution in [0.5, 0.6) is 5.75 Å². The van der Waals surface area contributed by atoms with Gasteiger partial charge in [-0.2, -0.15) is 0 Å². The van der Waals surface area contributed by atoms with E-state index in [4.69, 9.17) is 18.9 Å². The van der Waals surface area contributed by atoms with Gasteiger partial charge in [-0.3, -0.25) is 4.98 Å². The molecule has 1 aliphatic heterocycles. The van der Waals surface area contributed by atoms with E-state index in [0.29, 0.717) is 25.4 Å². The minimum atomic E-state index is -0.652. The topological polar surface area (TPSA) is 66.9 Å². The number of ether oxygens (including phenoxy) is 4. The van der Waals surface area contributed by atoms with Crippen molar-refractivity contribution >= 4 is 5.97 Å². The van der Waals surface area contributed by atoms with Gasteiger partial charge in [-0.15, -0.1) is 0 Å². The molecule has 0 unspecified atom stereocenters. The van der Waals surface area contributed by atoms with Gasteiger partial charge >= 0.3 is 5.97 Å². The first-order valence-electron chi connectivity index (χ1n) is 8.45. The van der Waals surface area contributed by atoms with Crippen LogP contribution in [0.4, 0.5) is 0 Å². The van der Waals surface area contributed by atoms with Crippen LogP contribution in [0.2, 0.25) is 0 Å². The summed E-state index contributed by atoms with van der Waals surface area (Å²) in [6.07, 6.45) is 1.81. The molecule has 6 nitrogen and oxygen atoms in total. The number of hydrogen-bond acceptors (Lipinski definition) is 6. The molecule has 0 aliphatic carbocycles. The number of rotatable bonds is 5. The van der Waals surface area contributed by atoms with E-state index in [0.717, 1.165) is 28.1 Å². The second kappa shape index (κ2) is 7.43. The average molecular weight is 357 g/mol. The Morgan fingerprint density at radius 1 is 1.23 bits per heavy atom. The molecule has 6 heteroatoms. The van der Waals surface area contributed by atoms with E-state index in [-0.39, 0.29) is 5.97 Å². The maximum Gasteiger partial charge on any atom is 0.337 e. The van der Waals surface area contributed by atoms with Crippen LogP contribution in [0.15, 0.2) is 30.5 Å². The van der Waals surface area contributed by atoms with E-state index in [1.54, 1.807) is 18.3 Å². The van der Waals surface area contributed by atoms with Gasteiger partial charge in [-0.1, -0.05) is 12.1 Å².